The second-order valence-electron chi connectivity index (χ2n) is 14.8. The van der Waals surface area contributed by atoms with Crippen molar-refractivity contribution in [1.82, 2.24) is 23.7 Å². The predicted octanol–water partition coefficient (Wildman–Crippen LogP) is 13.3. The summed E-state index contributed by atoms with van der Waals surface area (Å²) in [6.07, 6.45) is 0. The Morgan fingerprint density at radius 1 is 0.653 bits per heavy atom. The van der Waals surface area contributed by atoms with Crippen LogP contribution in [0.5, 0.6) is 11.5 Å². The van der Waals surface area contributed by atoms with E-state index in [2.05, 4.69) is 49.6 Å². The molecule has 0 saturated heterocycles. The maximum Gasteiger partial charge on any atom is 0.305 e. The minimum Gasteiger partial charge on any atom is -0.494 e. The van der Waals surface area contributed by atoms with Crippen molar-refractivity contribution < 1.29 is 35.4 Å². The average Bonchev–Trinajstić information content (AvgIpc) is 4.13. The van der Waals surface area contributed by atoms with E-state index in [1.165, 1.54) is 11.8 Å². The number of anilines is 6. The summed E-state index contributed by atoms with van der Waals surface area (Å²) in [5, 5.41) is 25.5. The molecule has 21 nitrogen and oxygen atoms in total. The summed E-state index contributed by atoms with van der Waals surface area (Å²) in [5.74, 6) is 1.67. The van der Waals surface area contributed by atoms with Gasteiger partial charge in [-0.2, -0.15) is 40.5 Å². The molecule has 0 saturated carbocycles. The highest BCUT2D eigenvalue weighted by molar-refractivity contribution is 7.98. The van der Waals surface area contributed by atoms with Crippen molar-refractivity contribution in [2.24, 2.45) is 20.5 Å². The Morgan fingerprint density at radius 3 is 1.47 bits per heavy atom. The average molecular weight is 1150 g/mol. The zero-order chi connectivity index (χ0) is 51.5. The molecular weight excluding hydrogens is 1110 g/mol. The van der Waals surface area contributed by atoms with Gasteiger partial charge in [0, 0.05) is 44.1 Å². The van der Waals surface area contributed by atoms with Gasteiger partial charge in [0.15, 0.2) is 23.6 Å². The van der Waals surface area contributed by atoms with Crippen LogP contribution in [0, 0.1) is 0 Å². The highest BCUT2D eigenvalue weighted by atomic mass is 35.5. The minimum atomic E-state index is -4.63. The van der Waals surface area contributed by atoms with Gasteiger partial charge in [0.25, 0.3) is 0 Å². The van der Waals surface area contributed by atoms with Gasteiger partial charge < -0.3 is 29.9 Å². The summed E-state index contributed by atoms with van der Waals surface area (Å²) >= 11 is 17.6. The Labute approximate surface area is 443 Å². The van der Waals surface area contributed by atoms with E-state index in [1.807, 2.05) is 70.2 Å². The van der Waals surface area contributed by atoms with E-state index in [0.29, 0.717) is 60.0 Å². The monoisotopic (exact) mass is 1150 g/mol. The number of halogens is 2. The van der Waals surface area contributed by atoms with Crippen LogP contribution in [0.3, 0.4) is 0 Å². The van der Waals surface area contributed by atoms with Crippen molar-refractivity contribution >= 4 is 177 Å². The smallest absolute Gasteiger partial charge is 0.305 e. The largest absolute Gasteiger partial charge is 0.494 e. The summed E-state index contributed by atoms with van der Waals surface area (Å²) in [6.45, 7) is 10.6. The molecule has 0 atom stereocenters. The fourth-order valence-electron chi connectivity index (χ4n) is 7.11. The highest BCUT2D eigenvalue weighted by Gasteiger charge is 2.27. The molecule has 0 spiro atoms. The molecule has 8 rings (SSSR count). The second kappa shape index (κ2) is 22.4. The number of methoxy groups -OCH3 is 2. The number of nitrogens with one attached hydrogen (secondary N) is 2. The van der Waals surface area contributed by atoms with Crippen LogP contribution in [0.4, 0.5) is 56.0 Å². The molecule has 5 heterocycles. The van der Waals surface area contributed by atoms with Crippen molar-refractivity contribution in [3.05, 3.63) is 70.2 Å². The van der Waals surface area contributed by atoms with Crippen LogP contribution >= 0.6 is 80.7 Å². The Bertz CT molecular complexity index is 3380. The van der Waals surface area contributed by atoms with Gasteiger partial charge in [-0.05, 0) is 68.5 Å². The minimum absolute atomic E-state index is 0.100. The van der Waals surface area contributed by atoms with Gasteiger partial charge in [-0.15, -0.1) is 20.5 Å². The van der Waals surface area contributed by atoms with E-state index in [0.717, 1.165) is 62.7 Å². The number of fused-ring (bicyclic) bond motifs is 2. The van der Waals surface area contributed by atoms with Crippen molar-refractivity contribution in [3.63, 3.8) is 0 Å². The summed E-state index contributed by atoms with van der Waals surface area (Å²) in [6, 6.07) is 16.8. The van der Waals surface area contributed by atoms with E-state index in [4.69, 9.17) is 47.6 Å². The van der Waals surface area contributed by atoms with Crippen molar-refractivity contribution in [2.45, 2.75) is 47.0 Å². The van der Waals surface area contributed by atoms with Crippen LogP contribution in [0.15, 0.2) is 88.6 Å². The number of aromatic nitrogens is 5. The second-order valence-corrected chi connectivity index (χ2v) is 23.2. The molecule has 5 aromatic heterocycles. The Kier molecular flexibility index (Phi) is 16.4. The predicted molar refractivity (Wildman–Crippen MR) is 289 cm³/mol. The zero-order valence-electron chi connectivity index (χ0n) is 38.6. The Balaban J connectivity index is 1.25. The first-order valence-electron chi connectivity index (χ1n) is 21.3. The third-order valence-electron chi connectivity index (χ3n) is 10.5. The highest BCUT2D eigenvalue weighted by Crippen LogP contribution is 2.49. The topological polar surface area (TPSA) is 272 Å². The van der Waals surface area contributed by atoms with Gasteiger partial charge in [-0.3, -0.25) is 9.11 Å². The lowest BCUT2D eigenvalue weighted by Crippen LogP contribution is -2.22. The molecule has 0 aliphatic heterocycles. The molecule has 3 aromatic carbocycles. The number of nitrogens with zero attached hydrogens (tertiary/aromatic N) is 11. The Morgan fingerprint density at radius 2 is 1.08 bits per heavy atom. The summed E-state index contributed by atoms with van der Waals surface area (Å²) in [5.41, 5.74) is 3.81. The molecule has 0 radical (unpaired) electrons. The molecule has 0 amide bonds. The van der Waals surface area contributed by atoms with Crippen molar-refractivity contribution in [1.29, 1.82) is 0 Å². The summed E-state index contributed by atoms with van der Waals surface area (Å²) in [7, 11) is -6.18. The lowest BCUT2D eigenvalue weighted by Gasteiger charge is -2.25. The SMILES string of the molecule is CCN(CC)c1cc(Nc2nc(Nc3cc(N(CC)CC)c(OC)cc3/N=N/c3snc4sc(S(=O)(=O)O)c(Cl)c34)nc(SCc3ccccc3)n2)c(/N=N/c2snc3sc(S(=O)(=O)O)c(Cl)c23)cc1OC. The molecule has 0 unspecified atom stereocenters. The number of ether oxygens (including phenoxy) is 2. The molecule has 72 heavy (non-hydrogen) atoms. The molecule has 4 N–H and O–H groups in total. The first-order chi connectivity index (χ1) is 34.5. The number of azo groups is 2. The van der Waals surface area contributed by atoms with Crippen LogP contribution in [0.2, 0.25) is 10.0 Å². The molecule has 0 bridgehead atoms. The van der Waals surface area contributed by atoms with E-state index in [9.17, 15) is 25.9 Å². The van der Waals surface area contributed by atoms with Crippen LogP contribution in [-0.4, -0.2) is 90.0 Å². The summed E-state index contributed by atoms with van der Waals surface area (Å²) in [4.78, 5) is 19.2. The van der Waals surface area contributed by atoms with Crippen LogP contribution in [-0.2, 0) is 26.0 Å². The molecular formula is C42H41Cl2N13O8S7. The van der Waals surface area contributed by atoms with Crippen LogP contribution < -0.4 is 29.9 Å². The quantitative estimate of drug-likeness (QED) is 0.0296. The third kappa shape index (κ3) is 11.4. The zero-order valence-corrected chi connectivity index (χ0v) is 45.8. The van der Waals surface area contributed by atoms with Crippen LogP contribution in [0.25, 0.3) is 20.4 Å². The van der Waals surface area contributed by atoms with E-state index < -0.39 is 28.7 Å². The van der Waals surface area contributed by atoms with Gasteiger partial charge >= 0.3 is 20.2 Å². The summed E-state index contributed by atoms with van der Waals surface area (Å²) < 4.78 is 87.3. The van der Waals surface area contributed by atoms with E-state index in [-0.39, 0.29) is 63.8 Å². The fourth-order valence-corrected chi connectivity index (χ4v) is 14.5. The lowest BCUT2D eigenvalue weighted by molar-refractivity contribution is 0.414. The molecule has 0 aliphatic rings. The standard InChI is InChI=1S/C42H41Cl2N13O8S7/c1-7-56(8-2)26-16-22(24(18-28(26)64-5)50-52-34-30-32(43)38(71(58,59)60)67-36(30)54-69-34)45-40-47-41(49-42(48-40)66-20-21-14-12-11-13-15-21)46-23-17-27(57(9-3)10-4)29(65-6)19-25(23)51-53-35-31-33(44)39(72(61,62)63)68-37(31)55-70-35/h11-19H,7-10,20H2,1-6H3,(H,58,59,60)(H,61,62,63)(H2,45,46,47,48,49)/b52-50+,53-51+. The molecule has 0 aliphatic carbocycles. The molecule has 8 aromatic rings. The molecule has 30 heteroatoms. The number of rotatable bonds is 21. The number of thioether (sulfide) groups is 1. The van der Waals surface area contributed by atoms with Gasteiger partial charge in [-0.1, -0.05) is 88.0 Å². The van der Waals surface area contributed by atoms with Crippen molar-refractivity contribution in [3.8, 4) is 11.5 Å². The van der Waals surface area contributed by atoms with Gasteiger partial charge in [0.2, 0.25) is 11.9 Å². The maximum absolute atomic E-state index is 12.1. The molecule has 378 valence electrons. The number of hydrogen-bond donors (Lipinski definition) is 4. The van der Waals surface area contributed by atoms with E-state index >= 15 is 0 Å². The lowest BCUT2D eigenvalue weighted by atomic mass is 10.2. The van der Waals surface area contributed by atoms with Crippen LogP contribution in [0.1, 0.15) is 33.3 Å². The first kappa shape index (κ1) is 52.9. The molecule has 0 fully saturated rings. The van der Waals surface area contributed by atoms with Gasteiger partial charge in [-0.25, -0.2) is 0 Å². The first-order valence-corrected chi connectivity index (χ1v) is 29.1. The number of benzene rings is 3. The van der Waals surface area contributed by atoms with Crippen molar-refractivity contribution in [2.75, 3.05) is 60.8 Å². The number of hydrogen-bond acceptors (Lipinski definition) is 24. The van der Waals surface area contributed by atoms with E-state index in [1.54, 1.807) is 26.4 Å². The van der Waals surface area contributed by atoms with Gasteiger partial charge in [0.05, 0.1) is 57.8 Å². The normalized spacial score (nSPS) is 12.2. The Hall–Kier alpha value is -5.40. The van der Waals surface area contributed by atoms with Gasteiger partial charge in [0.1, 0.15) is 32.5 Å². The third-order valence-corrected chi connectivity index (χ3v) is 19.2. The number of thiophene rings is 2. The fraction of sp³-hybridized carbons (Fsp3) is 0.262. The maximum atomic E-state index is 12.1.